The van der Waals surface area contributed by atoms with Gasteiger partial charge in [-0.25, -0.2) is 13.1 Å². The zero-order valence-electron chi connectivity index (χ0n) is 14.7. The number of sulfonamides is 1. The van der Waals surface area contributed by atoms with Gasteiger partial charge < -0.3 is 4.98 Å². The topological polar surface area (TPSA) is 62.0 Å². The van der Waals surface area contributed by atoms with Crippen LogP contribution in [0, 0.1) is 0 Å². The van der Waals surface area contributed by atoms with E-state index in [0.29, 0.717) is 0 Å². The normalized spacial score (nSPS) is 12.9. The van der Waals surface area contributed by atoms with Gasteiger partial charge in [0.1, 0.15) is 0 Å². The van der Waals surface area contributed by atoms with Crippen molar-refractivity contribution in [2.24, 2.45) is 0 Å². The molecule has 0 amide bonds. The first-order valence-corrected chi connectivity index (χ1v) is 10.3. The number of aromatic nitrogens is 1. The van der Waals surface area contributed by atoms with E-state index >= 15 is 0 Å². The van der Waals surface area contributed by atoms with Gasteiger partial charge in [-0.1, -0.05) is 66.7 Å². The van der Waals surface area contributed by atoms with Crippen LogP contribution in [-0.2, 0) is 10.0 Å². The summed E-state index contributed by atoms with van der Waals surface area (Å²) >= 11 is 0. The third-order valence-corrected chi connectivity index (χ3v) is 6.17. The molecule has 0 saturated heterocycles. The number of para-hydroxylation sites is 1. The standard InChI is InChI=1S/C22H20N2O2S/c25-27(26,18-11-5-2-6-12-18)24-16-20(17-9-3-1-4-10-17)21-15-23-22-14-8-7-13-19(21)22/h1-15,20,23-24H,16H2/t20-/m1/s1. The molecule has 0 aliphatic carbocycles. The van der Waals surface area contributed by atoms with Crippen LogP contribution in [-0.4, -0.2) is 19.9 Å². The van der Waals surface area contributed by atoms with Crippen molar-refractivity contribution in [1.29, 1.82) is 0 Å². The van der Waals surface area contributed by atoms with Gasteiger partial charge in [0, 0.05) is 29.6 Å². The monoisotopic (exact) mass is 376 g/mol. The van der Waals surface area contributed by atoms with Crippen LogP contribution < -0.4 is 4.72 Å². The number of nitrogens with one attached hydrogen (secondary N) is 2. The predicted octanol–water partition coefficient (Wildman–Crippen LogP) is 4.28. The minimum Gasteiger partial charge on any atom is -0.361 e. The van der Waals surface area contributed by atoms with E-state index in [9.17, 15) is 8.42 Å². The lowest BCUT2D eigenvalue weighted by Crippen LogP contribution is -2.29. The third-order valence-electron chi connectivity index (χ3n) is 4.73. The predicted molar refractivity (Wildman–Crippen MR) is 108 cm³/mol. The number of rotatable bonds is 6. The molecule has 3 aromatic carbocycles. The molecule has 0 bridgehead atoms. The minimum atomic E-state index is -3.57. The third kappa shape index (κ3) is 3.65. The van der Waals surface area contributed by atoms with Crippen molar-refractivity contribution >= 4 is 20.9 Å². The maximum atomic E-state index is 12.7. The highest BCUT2D eigenvalue weighted by molar-refractivity contribution is 7.89. The molecule has 0 saturated carbocycles. The number of fused-ring (bicyclic) bond motifs is 1. The number of benzene rings is 3. The van der Waals surface area contributed by atoms with Crippen molar-refractivity contribution in [3.05, 3.63) is 102 Å². The van der Waals surface area contributed by atoms with Gasteiger partial charge in [0.25, 0.3) is 0 Å². The lowest BCUT2D eigenvalue weighted by molar-refractivity contribution is 0.577. The summed E-state index contributed by atoms with van der Waals surface area (Å²) in [5.41, 5.74) is 3.19. The van der Waals surface area contributed by atoms with E-state index in [1.54, 1.807) is 30.3 Å². The van der Waals surface area contributed by atoms with Crippen LogP contribution in [0.2, 0.25) is 0 Å². The van der Waals surface area contributed by atoms with E-state index in [1.165, 1.54) is 0 Å². The van der Waals surface area contributed by atoms with Gasteiger partial charge >= 0.3 is 0 Å². The molecule has 4 rings (SSSR count). The van der Waals surface area contributed by atoms with Crippen LogP contribution in [0.5, 0.6) is 0 Å². The molecule has 1 aromatic heterocycles. The van der Waals surface area contributed by atoms with Crippen LogP contribution in [0.15, 0.2) is 96.0 Å². The Hall–Kier alpha value is -2.89. The fraction of sp³-hybridized carbons (Fsp3) is 0.0909. The second kappa shape index (κ2) is 7.39. The number of H-pyrrole nitrogens is 1. The quantitative estimate of drug-likeness (QED) is 0.528. The summed E-state index contributed by atoms with van der Waals surface area (Å²) in [6.45, 7) is 0.281. The highest BCUT2D eigenvalue weighted by Gasteiger charge is 2.21. The van der Waals surface area contributed by atoms with E-state index in [2.05, 4.69) is 15.8 Å². The Morgan fingerprint density at radius 1 is 0.815 bits per heavy atom. The van der Waals surface area contributed by atoms with Gasteiger partial charge in [0.05, 0.1) is 4.90 Å². The molecule has 0 unspecified atom stereocenters. The number of hydrogen-bond donors (Lipinski definition) is 2. The van der Waals surface area contributed by atoms with E-state index in [0.717, 1.165) is 22.0 Å². The number of aromatic amines is 1. The molecule has 0 radical (unpaired) electrons. The molecule has 1 heterocycles. The molecule has 2 N–H and O–H groups in total. The van der Waals surface area contributed by atoms with Crippen LogP contribution in [0.4, 0.5) is 0 Å². The molecular weight excluding hydrogens is 356 g/mol. The summed E-state index contributed by atoms with van der Waals surface area (Å²) in [5, 5.41) is 1.10. The zero-order chi connectivity index (χ0) is 18.7. The summed E-state index contributed by atoms with van der Waals surface area (Å²) in [6, 6.07) is 26.5. The zero-order valence-corrected chi connectivity index (χ0v) is 15.5. The SMILES string of the molecule is O=S(=O)(NC[C@H](c1ccccc1)c1c[nH]c2ccccc12)c1ccccc1. The highest BCUT2D eigenvalue weighted by Crippen LogP contribution is 2.30. The fourth-order valence-corrected chi connectivity index (χ4v) is 4.42. The first-order valence-electron chi connectivity index (χ1n) is 8.81. The van der Waals surface area contributed by atoms with Crippen LogP contribution >= 0.6 is 0 Å². The van der Waals surface area contributed by atoms with Gasteiger partial charge in [-0.15, -0.1) is 0 Å². The van der Waals surface area contributed by atoms with Crippen molar-refractivity contribution < 1.29 is 8.42 Å². The largest absolute Gasteiger partial charge is 0.361 e. The maximum Gasteiger partial charge on any atom is 0.240 e. The first kappa shape index (κ1) is 17.5. The van der Waals surface area contributed by atoms with E-state index in [4.69, 9.17) is 0 Å². The Kier molecular flexibility index (Phi) is 4.79. The van der Waals surface area contributed by atoms with Crippen molar-refractivity contribution in [1.82, 2.24) is 9.71 Å². The van der Waals surface area contributed by atoms with E-state index in [1.807, 2.05) is 54.7 Å². The summed E-state index contributed by atoms with van der Waals surface area (Å²) < 4.78 is 28.1. The number of hydrogen-bond acceptors (Lipinski definition) is 2. The Labute approximate surface area is 158 Å². The molecule has 4 aromatic rings. The van der Waals surface area contributed by atoms with E-state index < -0.39 is 10.0 Å². The molecule has 0 spiro atoms. The molecule has 4 nitrogen and oxygen atoms in total. The molecule has 0 aliphatic heterocycles. The summed E-state index contributed by atoms with van der Waals surface area (Å²) in [6.07, 6.45) is 1.97. The Bertz CT molecular complexity index is 1140. The summed E-state index contributed by atoms with van der Waals surface area (Å²) in [7, 11) is -3.57. The van der Waals surface area contributed by atoms with Gasteiger partial charge in [0.2, 0.25) is 10.0 Å². The Morgan fingerprint density at radius 2 is 1.44 bits per heavy atom. The molecule has 1 atom stereocenters. The minimum absolute atomic E-state index is 0.0964. The van der Waals surface area contributed by atoms with E-state index in [-0.39, 0.29) is 17.4 Å². The molecule has 27 heavy (non-hydrogen) atoms. The summed E-state index contributed by atoms with van der Waals surface area (Å²) in [5.74, 6) is -0.0964. The lowest BCUT2D eigenvalue weighted by atomic mass is 9.91. The second-order valence-electron chi connectivity index (χ2n) is 6.42. The van der Waals surface area contributed by atoms with Crippen molar-refractivity contribution in [3.8, 4) is 0 Å². The van der Waals surface area contributed by atoms with Crippen LogP contribution in [0.25, 0.3) is 10.9 Å². The van der Waals surface area contributed by atoms with Gasteiger partial charge in [-0.05, 0) is 29.3 Å². The Balaban J connectivity index is 1.70. The van der Waals surface area contributed by atoms with Crippen molar-refractivity contribution in [2.75, 3.05) is 6.54 Å². The van der Waals surface area contributed by atoms with Crippen molar-refractivity contribution in [3.63, 3.8) is 0 Å². The van der Waals surface area contributed by atoms with Gasteiger partial charge in [0.15, 0.2) is 0 Å². The average Bonchev–Trinajstić information content (AvgIpc) is 3.14. The van der Waals surface area contributed by atoms with Crippen LogP contribution in [0.3, 0.4) is 0 Å². The molecular formula is C22H20N2O2S. The smallest absolute Gasteiger partial charge is 0.240 e. The first-order chi connectivity index (χ1) is 13.1. The highest BCUT2D eigenvalue weighted by atomic mass is 32.2. The summed E-state index contributed by atoms with van der Waals surface area (Å²) in [4.78, 5) is 3.56. The van der Waals surface area contributed by atoms with Gasteiger partial charge in [-0.3, -0.25) is 0 Å². The lowest BCUT2D eigenvalue weighted by Gasteiger charge is -2.18. The molecule has 0 aliphatic rings. The average molecular weight is 376 g/mol. The molecule has 0 fully saturated rings. The Morgan fingerprint density at radius 3 is 2.19 bits per heavy atom. The molecule has 136 valence electrons. The van der Waals surface area contributed by atoms with Crippen molar-refractivity contribution in [2.45, 2.75) is 10.8 Å². The second-order valence-corrected chi connectivity index (χ2v) is 8.18. The van der Waals surface area contributed by atoms with Gasteiger partial charge in [-0.2, -0.15) is 0 Å². The van der Waals surface area contributed by atoms with Crippen LogP contribution in [0.1, 0.15) is 17.0 Å². The molecule has 5 heteroatoms. The fourth-order valence-electron chi connectivity index (χ4n) is 3.35. The maximum absolute atomic E-state index is 12.7.